The highest BCUT2D eigenvalue weighted by Gasteiger charge is 2.27. The Labute approximate surface area is 105 Å². The van der Waals surface area contributed by atoms with Crippen molar-refractivity contribution in [3.63, 3.8) is 0 Å². The van der Waals surface area contributed by atoms with Gasteiger partial charge in [-0.2, -0.15) is 0 Å². The van der Waals surface area contributed by atoms with Crippen molar-refractivity contribution in [1.29, 1.82) is 0 Å². The van der Waals surface area contributed by atoms with Crippen molar-refractivity contribution < 1.29 is 0 Å². The van der Waals surface area contributed by atoms with Gasteiger partial charge in [-0.15, -0.1) is 0 Å². The molecule has 2 aromatic heterocycles. The number of fused-ring (bicyclic) bond motifs is 1. The molecular formula is C13H18N4O. The van der Waals surface area contributed by atoms with Crippen LogP contribution in [0.2, 0.25) is 0 Å². The minimum atomic E-state index is -0.0510. The minimum absolute atomic E-state index is 0.0510. The number of hydrogen-bond donors (Lipinski definition) is 1. The molecule has 0 aliphatic carbocycles. The van der Waals surface area contributed by atoms with Gasteiger partial charge in [-0.25, -0.2) is 9.50 Å². The normalized spacial score (nSPS) is 21.2. The summed E-state index contributed by atoms with van der Waals surface area (Å²) < 4.78 is 1.52. The van der Waals surface area contributed by atoms with Gasteiger partial charge >= 0.3 is 0 Å². The highest BCUT2D eigenvalue weighted by Crippen LogP contribution is 2.26. The molecule has 0 radical (unpaired) electrons. The lowest BCUT2D eigenvalue weighted by atomic mass is 10.1. The Bertz CT molecular complexity index is 613. The van der Waals surface area contributed by atoms with E-state index in [4.69, 9.17) is 0 Å². The topological polar surface area (TPSA) is 53.4 Å². The highest BCUT2D eigenvalue weighted by atomic mass is 16.1. The molecule has 1 atom stereocenters. The van der Waals surface area contributed by atoms with Crippen LogP contribution >= 0.6 is 0 Å². The first-order chi connectivity index (χ1) is 8.65. The third kappa shape index (κ3) is 1.84. The molecule has 0 spiro atoms. The number of nitrogens with one attached hydrogen (secondary N) is 1. The van der Waals surface area contributed by atoms with Gasteiger partial charge in [0, 0.05) is 24.6 Å². The molecule has 1 fully saturated rings. The Balaban J connectivity index is 1.92. The summed E-state index contributed by atoms with van der Waals surface area (Å²) in [4.78, 5) is 18.6. The van der Waals surface area contributed by atoms with E-state index in [2.05, 4.69) is 28.8 Å². The van der Waals surface area contributed by atoms with Gasteiger partial charge in [0.15, 0.2) is 5.65 Å². The zero-order valence-corrected chi connectivity index (χ0v) is 10.8. The maximum absolute atomic E-state index is 11.7. The number of rotatable bonds is 2. The SMILES string of the molecule is CC(C)N1CCC(c2nc3cccc(=O)n3[nH]2)C1. The van der Waals surface area contributed by atoms with Gasteiger partial charge in [-0.1, -0.05) is 6.07 Å². The number of pyridine rings is 1. The number of aromatic nitrogens is 3. The second kappa shape index (κ2) is 4.24. The first-order valence-electron chi connectivity index (χ1n) is 6.47. The van der Waals surface area contributed by atoms with Crippen molar-refractivity contribution in [2.24, 2.45) is 0 Å². The Hall–Kier alpha value is -1.62. The van der Waals surface area contributed by atoms with Crippen LogP contribution in [0.4, 0.5) is 0 Å². The van der Waals surface area contributed by atoms with E-state index < -0.39 is 0 Å². The summed E-state index contributed by atoms with van der Waals surface area (Å²) in [7, 11) is 0. The van der Waals surface area contributed by atoms with E-state index in [0.29, 0.717) is 17.6 Å². The summed E-state index contributed by atoms with van der Waals surface area (Å²) in [5.74, 6) is 1.34. The van der Waals surface area contributed by atoms with E-state index >= 15 is 0 Å². The van der Waals surface area contributed by atoms with Crippen LogP contribution in [0.3, 0.4) is 0 Å². The van der Waals surface area contributed by atoms with E-state index in [9.17, 15) is 4.79 Å². The monoisotopic (exact) mass is 246 g/mol. The molecule has 0 bridgehead atoms. The largest absolute Gasteiger partial charge is 0.300 e. The molecule has 1 aliphatic rings. The smallest absolute Gasteiger partial charge is 0.271 e. The molecule has 0 saturated carbocycles. The third-order valence-electron chi connectivity index (χ3n) is 3.73. The van der Waals surface area contributed by atoms with E-state index in [1.54, 1.807) is 12.1 Å². The Kier molecular flexibility index (Phi) is 2.70. The van der Waals surface area contributed by atoms with Crippen LogP contribution in [-0.2, 0) is 0 Å². The van der Waals surface area contributed by atoms with E-state index in [1.807, 2.05) is 6.07 Å². The summed E-state index contributed by atoms with van der Waals surface area (Å²) in [6.07, 6.45) is 1.10. The van der Waals surface area contributed by atoms with Crippen LogP contribution in [0.15, 0.2) is 23.0 Å². The second-order valence-corrected chi connectivity index (χ2v) is 5.24. The Morgan fingerprint density at radius 2 is 2.28 bits per heavy atom. The van der Waals surface area contributed by atoms with Crippen molar-refractivity contribution >= 4 is 5.65 Å². The maximum Gasteiger partial charge on any atom is 0.271 e. The number of H-pyrrole nitrogens is 1. The lowest BCUT2D eigenvalue weighted by Crippen LogP contribution is -2.28. The van der Waals surface area contributed by atoms with Crippen molar-refractivity contribution in [2.45, 2.75) is 32.2 Å². The molecule has 3 heterocycles. The molecule has 1 aliphatic heterocycles. The van der Waals surface area contributed by atoms with Crippen LogP contribution in [0.5, 0.6) is 0 Å². The molecule has 1 unspecified atom stereocenters. The van der Waals surface area contributed by atoms with Gasteiger partial charge in [0.1, 0.15) is 5.82 Å². The van der Waals surface area contributed by atoms with Gasteiger partial charge in [-0.3, -0.25) is 9.89 Å². The van der Waals surface area contributed by atoms with Crippen molar-refractivity contribution in [3.8, 4) is 0 Å². The molecule has 1 saturated heterocycles. The van der Waals surface area contributed by atoms with E-state index in [1.165, 1.54) is 4.52 Å². The highest BCUT2D eigenvalue weighted by molar-refractivity contribution is 5.36. The number of hydrogen-bond acceptors (Lipinski definition) is 3. The zero-order valence-electron chi connectivity index (χ0n) is 10.8. The fraction of sp³-hybridized carbons (Fsp3) is 0.538. The average Bonchev–Trinajstić information content (AvgIpc) is 2.95. The van der Waals surface area contributed by atoms with Gasteiger partial charge < -0.3 is 4.90 Å². The molecule has 0 amide bonds. The quantitative estimate of drug-likeness (QED) is 0.867. The molecule has 3 rings (SSSR count). The summed E-state index contributed by atoms with van der Waals surface area (Å²) in [6.45, 7) is 6.55. The predicted molar refractivity (Wildman–Crippen MR) is 69.9 cm³/mol. The number of aromatic amines is 1. The minimum Gasteiger partial charge on any atom is -0.300 e. The number of nitrogens with zero attached hydrogens (tertiary/aromatic N) is 3. The fourth-order valence-corrected chi connectivity index (χ4v) is 2.60. The van der Waals surface area contributed by atoms with E-state index in [0.717, 1.165) is 25.3 Å². The van der Waals surface area contributed by atoms with Gasteiger partial charge in [-0.05, 0) is 32.9 Å². The van der Waals surface area contributed by atoms with Crippen molar-refractivity contribution in [3.05, 3.63) is 34.4 Å². The molecule has 18 heavy (non-hydrogen) atoms. The standard InChI is InChI=1S/C13H18N4O/c1-9(2)16-7-6-10(8-16)13-14-11-4-3-5-12(18)17(11)15-13/h3-5,9-10H,6-8H2,1-2H3,(H,14,15). The summed E-state index contributed by atoms with van der Waals surface area (Å²) in [6, 6.07) is 5.72. The van der Waals surface area contributed by atoms with Crippen LogP contribution in [-0.4, -0.2) is 38.6 Å². The van der Waals surface area contributed by atoms with E-state index in [-0.39, 0.29) is 5.56 Å². The van der Waals surface area contributed by atoms with Gasteiger partial charge in [0.2, 0.25) is 0 Å². The molecule has 96 valence electrons. The van der Waals surface area contributed by atoms with Crippen LogP contribution in [0.25, 0.3) is 5.65 Å². The lowest BCUT2D eigenvalue weighted by molar-refractivity contribution is 0.272. The number of likely N-dealkylation sites (tertiary alicyclic amines) is 1. The zero-order chi connectivity index (χ0) is 12.7. The lowest BCUT2D eigenvalue weighted by Gasteiger charge is -2.19. The summed E-state index contributed by atoms with van der Waals surface area (Å²) in [5, 5.41) is 3.13. The second-order valence-electron chi connectivity index (χ2n) is 5.24. The van der Waals surface area contributed by atoms with Gasteiger partial charge in [0.25, 0.3) is 5.56 Å². The van der Waals surface area contributed by atoms with Crippen molar-refractivity contribution in [1.82, 2.24) is 19.5 Å². The first kappa shape index (κ1) is 11.5. The predicted octanol–water partition coefficient (Wildman–Crippen LogP) is 1.22. The van der Waals surface area contributed by atoms with Crippen LogP contribution in [0.1, 0.15) is 32.0 Å². The van der Waals surface area contributed by atoms with Crippen molar-refractivity contribution in [2.75, 3.05) is 13.1 Å². The molecule has 5 nitrogen and oxygen atoms in total. The van der Waals surface area contributed by atoms with Crippen LogP contribution in [0, 0.1) is 0 Å². The average molecular weight is 246 g/mol. The molecule has 1 N–H and O–H groups in total. The molecule has 2 aromatic rings. The first-order valence-corrected chi connectivity index (χ1v) is 6.47. The summed E-state index contributed by atoms with van der Waals surface area (Å²) >= 11 is 0. The fourth-order valence-electron chi connectivity index (χ4n) is 2.60. The third-order valence-corrected chi connectivity index (χ3v) is 3.73. The maximum atomic E-state index is 11.7. The molecule has 0 aromatic carbocycles. The Morgan fingerprint density at radius 1 is 1.44 bits per heavy atom. The van der Waals surface area contributed by atoms with Crippen LogP contribution < -0.4 is 5.56 Å². The molecule has 5 heteroatoms. The molecular weight excluding hydrogens is 228 g/mol. The summed E-state index contributed by atoms with van der Waals surface area (Å²) in [5.41, 5.74) is 0.658. The Morgan fingerprint density at radius 3 is 2.94 bits per heavy atom. The van der Waals surface area contributed by atoms with Gasteiger partial charge in [0.05, 0.1) is 0 Å².